The Bertz CT molecular complexity index is 821. The van der Waals surface area contributed by atoms with Gasteiger partial charge in [-0.1, -0.05) is 24.3 Å². The van der Waals surface area contributed by atoms with Crippen molar-refractivity contribution in [2.45, 2.75) is 25.7 Å². The van der Waals surface area contributed by atoms with Crippen LogP contribution >= 0.6 is 0 Å². The van der Waals surface area contributed by atoms with Gasteiger partial charge in [0.1, 0.15) is 0 Å². The van der Waals surface area contributed by atoms with Gasteiger partial charge in [-0.3, -0.25) is 29.8 Å². The highest BCUT2D eigenvalue weighted by Gasteiger charge is 2.08. The number of benzene rings is 2. The molecule has 0 bridgehead atoms. The summed E-state index contributed by atoms with van der Waals surface area (Å²) in [6.07, 6.45) is 1.65. The number of hydrogen-bond donors (Lipinski definition) is 2. The number of carbonyl (C=O) groups is 2. The summed E-state index contributed by atoms with van der Waals surface area (Å²) in [5, 5.41) is 26.8. The zero-order valence-electron chi connectivity index (χ0n) is 16.2. The molecule has 0 aliphatic carbocycles. The molecule has 0 saturated carbocycles. The molecular formula is C20H22N4O6. The summed E-state index contributed by atoms with van der Waals surface area (Å²) < 4.78 is 0. The van der Waals surface area contributed by atoms with Crippen LogP contribution in [0.3, 0.4) is 0 Å². The Hall–Kier alpha value is -3.82. The molecule has 0 aliphatic heterocycles. The lowest BCUT2D eigenvalue weighted by atomic mass is 10.1. The summed E-state index contributed by atoms with van der Waals surface area (Å²) in [7, 11) is 0. The molecule has 10 heteroatoms. The van der Waals surface area contributed by atoms with Crippen molar-refractivity contribution in [1.82, 2.24) is 10.6 Å². The van der Waals surface area contributed by atoms with Crippen LogP contribution in [0, 0.1) is 20.2 Å². The molecule has 30 heavy (non-hydrogen) atoms. The summed E-state index contributed by atoms with van der Waals surface area (Å²) in [5.74, 6) is -0.350. The molecule has 0 aliphatic rings. The molecule has 0 fully saturated rings. The maximum Gasteiger partial charge on any atom is 0.269 e. The summed E-state index contributed by atoms with van der Waals surface area (Å²) in [5.41, 5.74) is 1.35. The third-order valence-electron chi connectivity index (χ3n) is 4.27. The van der Waals surface area contributed by atoms with Crippen LogP contribution in [0.2, 0.25) is 0 Å². The first-order valence-electron chi connectivity index (χ1n) is 9.35. The number of nitro groups is 2. The molecule has 158 valence electrons. The number of unbranched alkanes of at least 4 members (excludes halogenated alkanes) is 1. The summed E-state index contributed by atoms with van der Waals surface area (Å²) >= 11 is 0. The highest BCUT2D eigenvalue weighted by Crippen LogP contribution is 2.13. The van der Waals surface area contributed by atoms with Crippen molar-refractivity contribution in [2.24, 2.45) is 0 Å². The normalized spacial score (nSPS) is 10.3. The van der Waals surface area contributed by atoms with E-state index in [2.05, 4.69) is 10.6 Å². The van der Waals surface area contributed by atoms with E-state index in [1.54, 1.807) is 24.3 Å². The first-order valence-corrected chi connectivity index (χ1v) is 9.35. The van der Waals surface area contributed by atoms with Crippen LogP contribution in [0.1, 0.15) is 24.0 Å². The standard InChI is InChI=1S/C20H22N4O6/c25-19(13-15-3-7-17(8-4-15)23(27)28)21-11-1-2-12-22-20(26)14-16-5-9-18(10-6-16)24(29)30/h3-10H,1-2,11-14H2,(H,21,25)(H,22,26). The van der Waals surface area contributed by atoms with Crippen LogP contribution in [-0.2, 0) is 22.4 Å². The SMILES string of the molecule is O=C(Cc1ccc([N+](=O)[O-])cc1)NCCCCNC(=O)Cc1ccc([N+](=O)[O-])cc1. The molecule has 0 heterocycles. The summed E-state index contributed by atoms with van der Waals surface area (Å²) in [6, 6.07) is 11.7. The molecule has 0 saturated heterocycles. The highest BCUT2D eigenvalue weighted by molar-refractivity contribution is 5.79. The fraction of sp³-hybridized carbons (Fsp3) is 0.300. The van der Waals surface area contributed by atoms with Gasteiger partial charge in [-0.15, -0.1) is 0 Å². The van der Waals surface area contributed by atoms with E-state index >= 15 is 0 Å². The monoisotopic (exact) mass is 414 g/mol. The Morgan fingerprint density at radius 1 is 0.667 bits per heavy atom. The lowest BCUT2D eigenvalue weighted by Crippen LogP contribution is -2.28. The Kier molecular flexibility index (Phi) is 8.42. The van der Waals surface area contributed by atoms with Gasteiger partial charge in [0.25, 0.3) is 11.4 Å². The van der Waals surface area contributed by atoms with Gasteiger partial charge < -0.3 is 10.6 Å². The lowest BCUT2D eigenvalue weighted by molar-refractivity contribution is -0.385. The first kappa shape index (κ1) is 22.5. The minimum absolute atomic E-state index is 0.0187. The van der Waals surface area contributed by atoms with Gasteiger partial charge in [0.2, 0.25) is 11.8 Å². The van der Waals surface area contributed by atoms with Gasteiger partial charge in [0.05, 0.1) is 22.7 Å². The van der Waals surface area contributed by atoms with Gasteiger partial charge in [0.15, 0.2) is 0 Å². The predicted octanol–water partition coefficient (Wildman–Crippen LogP) is 2.30. The number of nitrogens with one attached hydrogen (secondary N) is 2. The number of nitrogens with zero attached hydrogens (tertiary/aromatic N) is 2. The van der Waals surface area contributed by atoms with E-state index in [0.717, 1.165) is 0 Å². The molecule has 2 aromatic carbocycles. The molecule has 0 aromatic heterocycles. The number of rotatable bonds is 11. The van der Waals surface area contributed by atoms with E-state index in [0.29, 0.717) is 37.1 Å². The first-order chi connectivity index (χ1) is 14.3. The van der Waals surface area contributed by atoms with E-state index in [9.17, 15) is 29.8 Å². The number of hydrogen-bond acceptors (Lipinski definition) is 6. The number of carbonyl (C=O) groups excluding carboxylic acids is 2. The maximum absolute atomic E-state index is 11.9. The zero-order chi connectivity index (χ0) is 21.9. The van der Waals surface area contributed by atoms with E-state index in [4.69, 9.17) is 0 Å². The Labute approximate surface area is 172 Å². The van der Waals surface area contributed by atoms with Crippen LogP contribution in [0.25, 0.3) is 0 Å². The molecular weight excluding hydrogens is 392 g/mol. The second-order valence-corrected chi connectivity index (χ2v) is 6.61. The zero-order valence-corrected chi connectivity index (χ0v) is 16.2. The van der Waals surface area contributed by atoms with Crippen molar-refractivity contribution in [1.29, 1.82) is 0 Å². The molecule has 0 spiro atoms. The average molecular weight is 414 g/mol. The van der Waals surface area contributed by atoms with Crippen LogP contribution in [0.15, 0.2) is 48.5 Å². The van der Waals surface area contributed by atoms with Crippen LogP contribution in [0.5, 0.6) is 0 Å². The minimum atomic E-state index is -0.492. The quantitative estimate of drug-likeness (QED) is 0.328. The van der Waals surface area contributed by atoms with Crippen molar-refractivity contribution in [2.75, 3.05) is 13.1 Å². The molecule has 0 radical (unpaired) electrons. The van der Waals surface area contributed by atoms with Crippen LogP contribution in [0.4, 0.5) is 11.4 Å². The highest BCUT2D eigenvalue weighted by atomic mass is 16.6. The van der Waals surface area contributed by atoms with Gasteiger partial charge in [0, 0.05) is 37.4 Å². The molecule has 2 amide bonds. The minimum Gasteiger partial charge on any atom is -0.356 e. The predicted molar refractivity (Wildman–Crippen MR) is 109 cm³/mol. The number of nitro benzene ring substituents is 2. The van der Waals surface area contributed by atoms with Crippen molar-refractivity contribution >= 4 is 23.2 Å². The number of non-ortho nitro benzene ring substituents is 2. The van der Waals surface area contributed by atoms with Gasteiger partial charge in [-0.25, -0.2) is 0 Å². The largest absolute Gasteiger partial charge is 0.356 e. The topological polar surface area (TPSA) is 144 Å². The summed E-state index contributed by atoms with van der Waals surface area (Å²) in [4.78, 5) is 44.0. The van der Waals surface area contributed by atoms with Crippen molar-refractivity contribution < 1.29 is 19.4 Å². The second-order valence-electron chi connectivity index (χ2n) is 6.61. The lowest BCUT2D eigenvalue weighted by Gasteiger charge is -2.07. The van der Waals surface area contributed by atoms with Crippen molar-refractivity contribution in [3.8, 4) is 0 Å². The van der Waals surface area contributed by atoms with Gasteiger partial charge in [-0.2, -0.15) is 0 Å². The molecule has 2 aromatic rings. The smallest absolute Gasteiger partial charge is 0.269 e. The third kappa shape index (κ3) is 7.66. The fourth-order valence-electron chi connectivity index (χ4n) is 2.67. The Morgan fingerprint density at radius 2 is 1.00 bits per heavy atom. The van der Waals surface area contributed by atoms with E-state index in [1.807, 2.05) is 0 Å². The second kappa shape index (κ2) is 11.2. The fourth-order valence-corrected chi connectivity index (χ4v) is 2.67. The number of amides is 2. The van der Waals surface area contributed by atoms with E-state index in [1.165, 1.54) is 24.3 Å². The third-order valence-corrected chi connectivity index (χ3v) is 4.27. The Morgan fingerprint density at radius 3 is 1.30 bits per heavy atom. The van der Waals surface area contributed by atoms with Gasteiger partial charge >= 0.3 is 0 Å². The molecule has 2 N–H and O–H groups in total. The summed E-state index contributed by atoms with van der Waals surface area (Å²) in [6.45, 7) is 0.925. The molecule has 0 unspecified atom stereocenters. The van der Waals surface area contributed by atoms with Gasteiger partial charge in [-0.05, 0) is 24.0 Å². The van der Waals surface area contributed by atoms with Crippen LogP contribution < -0.4 is 10.6 Å². The molecule has 0 atom stereocenters. The van der Waals surface area contributed by atoms with E-state index < -0.39 is 9.85 Å². The van der Waals surface area contributed by atoms with E-state index in [-0.39, 0.29) is 36.0 Å². The Balaban J connectivity index is 1.57. The molecule has 2 rings (SSSR count). The maximum atomic E-state index is 11.9. The van der Waals surface area contributed by atoms with Crippen molar-refractivity contribution in [3.63, 3.8) is 0 Å². The van der Waals surface area contributed by atoms with Crippen LogP contribution in [-0.4, -0.2) is 34.8 Å². The molecule has 10 nitrogen and oxygen atoms in total. The average Bonchev–Trinajstić information content (AvgIpc) is 2.71. The van der Waals surface area contributed by atoms with Crippen molar-refractivity contribution in [3.05, 3.63) is 79.9 Å².